The normalized spacial score (nSPS) is 20.6. The van der Waals surface area contributed by atoms with Gasteiger partial charge in [-0.2, -0.15) is 0 Å². The van der Waals surface area contributed by atoms with Gasteiger partial charge in [-0.1, -0.05) is 0 Å². The first kappa shape index (κ1) is 15.4. The van der Waals surface area contributed by atoms with Crippen LogP contribution in [-0.2, 0) is 19.1 Å². The molecule has 1 heterocycles. The van der Waals surface area contributed by atoms with Gasteiger partial charge in [0.25, 0.3) is 0 Å². The molecule has 7 heteroatoms. The van der Waals surface area contributed by atoms with Crippen molar-refractivity contribution >= 4 is 17.8 Å². The van der Waals surface area contributed by atoms with E-state index < -0.39 is 30.4 Å². The second-order valence-corrected chi connectivity index (χ2v) is 4.81. The van der Waals surface area contributed by atoms with Gasteiger partial charge in [-0.25, -0.2) is 4.79 Å². The first-order chi connectivity index (χ1) is 8.90. The van der Waals surface area contributed by atoms with Gasteiger partial charge in [0.1, 0.15) is 0 Å². The molecule has 2 amide bonds. The van der Waals surface area contributed by atoms with Crippen molar-refractivity contribution in [2.24, 2.45) is 5.92 Å². The van der Waals surface area contributed by atoms with Gasteiger partial charge < -0.3 is 20.1 Å². The van der Waals surface area contributed by atoms with Crippen molar-refractivity contribution < 1.29 is 24.2 Å². The van der Waals surface area contributed by atoms with E-state index in [1.165, 1.54) is 7.11 Å². The van der Waals surface area contributed by atoms with E-state index in [0.29, 0.717) is 6.54 Å². The van der Waals surface area contributed by atoms with Crippen LogP contribution in [0.1, 0.15) is 20.3 Å². The minimum Gasteiger partial charge on any atom is -0.467 e. The highest BCUT2D eigenvalue weighted by atomic mass is 16.5. The summed E-state index contributed by atoms with van der Waals surface area (Å²) in [7, 11) is 1.18. The van der Waals surface area contributed by atoms with Crippen molar-refractivity contribution in [1.29, 1.82) is 0 Å². The minimum absolute atomic E-state index is 0.0412. The molecular weight excluding hydrogens is 252 g/mol. The van der Waals surface area contributed by atoms with Crippen LogP contribution in [0.15, 0.2) is 0 Å². The van der Waals surface area contributed by atoms with E-state index in [0.717, 1.165) is 0 Å². The van der Waals surface area contributed by atoms with E-state index in [-0.39, 0.29) is 18.4 Å². The molecule has 2 atom stereocenters. The number of hydrogen-bond acceptors (Lipinski definition) is 5. The number of carbonyl (C=O) groups is 3. The number of nitrogens with zero attached hydrogens (tertiary/aromatic N) is 1. The Kier molecular flexibility index (Phi) is 5.29. The number of aliphatic hydroxyl groups is 1. The summed E-state index contributed by atoms with van der Waals surface area (Å²) < 4.78 is 4.46. The van der Waals surface area contributed by atoms with Crippen LogP contribution < -0.4 is 5.32 Å². The van der Waals surface area contributed by atoms with Crippen molar-refractivity contribution in [3.8, 4) is 0 Å². The molecule has 0 spiro atoms. The number of esters is 1. The predicted octanol–water partition coefficient (Wildman–Crippen LogP) is -1.11. The highest BCUT2D eigenvalue weighted by molar-refractivity contribution is 5.91. The number of nitrogens with one attached hydrogen (secondary N) is 1. The van der Waals surface area contributed by atoms with Crippen LogP contribution in [0.25, 0.3) is 0 Å². The SMILES string of the molecule is COC(=O)C(CO)NC(=O)C1CC(=O)N(C(C)C)C1. The fourth-order valence-corrected chi connectivity index (χ4v) is 2.02. The Morgan fingerprint density at radius 1 is 1.53 bits per heavy atom. The molecule has 1 saturated heterocycles. The molecular formula is C12H20N2O5. The zero-order chi connectivity index (χ0) is 14.6. The number of ether oxygens (including phenoxy) is 1. The number of methoxy groups -OCH3 is 1. The molecule has 0 saturated carbocycles. The van der Waals surface area contributed by atoms with Crippen LogP contribution >= 0.6 is 0 Å². The smallest absolute Gasteiger partial charge is 0.330 e. The zero-order valence-corrected chi connectivity index (χ0v) is 11.4. The zero-order valence-electron chi connectivity index (χ0n) is 11.4. The number of aliphatic hydroxyl groups excluding tert-OH is 1. The minimum atomic E-state index is -1.08. The highest BCUT2D eigenvalue weighted by Gasteiger charge is 2.36. The van der Waals surface area contributed by atoms with Crippen molar-refractivity contribution in [3.05, 3.63) is 0 Å². The van der Waals surface area contributed by atoms with E-state index in [1.54, 1.807) is 4.90 Å². The van der Waals surface area contributed by atoms with Crippen LogP contribution in [-0.4, -0.2) is 60.1 Å². The summed E-state index contributed by atoms with van der Waals surface area (Å²) in [6.07, 6.45) is 0.128. The van der Waals surface area contributed by atoms with Gasteiger partial charge in [0.2, 0.25) is 11.8 Å². The Balaban J connectivity index is 2.60. The first-order valence-electron chi connectivity index (χ1n) is 6.19. The standard InChI is InChI=1S/C12H20N2O5/c1-7(2)14-5-8(4-10(14)16)11(17)13-9(6-15)12(18)19-3/h7-9,15H,4-6H2,1-3H3,(H,13,17). The average Bonchev–Trinajstić information content (AvgIpc) is 2.77. The van der Waals surface area contributed by atoms with E-state index in [1.807, 2.05) is 13.8 Å². The third-order valence-electron chi connectivity index (χ3n) is 3.14. The largest absolute Gasteiger partial charge is 0.467 e. The van der Waals surface area contributed by atoms with E-state index >= 15 is 0 Å². The molecule has 19 heavy (non-hydrogen) atoms. The molecule has 0 aromatic rings. The third kappa shape index (κ3) is 3.66. The molecule has 0 aliphatic carbocycles. The Labute approximate surface area is 111 Å². The van der Waals surface area contributed by atoms with Gasteiger partial charge in [0, 0.05) is 19.0 Å². The first-order valence-corrected chi connectivity index (χ1v) is 6.19. The molecule has 0 bridgehead atoms. The Bertz CT molecular complexity index is 369. The summed E-state index contributed by atoms with van der Waals surface area (Å²) in [5.74, 6) is -1.69. The Morgan fingerprint density at radius 3 is 2.58 bits per heavy atom. The molecule has 2 unspecified atom stereocenters. The van der Waals surface area contributed by atoms with Crippen molar-refractivity contribution in [2.45, 2.75) is 32.4 Å². The third-order valence-corrected chi connectivity index (χ3v) is 3.14. The summed E-state index contributed by atoms with van der Waals surface area (Å²) in [6.45, 7) is 3.56. The van der Waals surface area contributed by atoms with Gasteiger partial charge in [-0.05, 0) is 13.8 Å². The maximum absolute atomic E-state index is 11.9. The molecule has 2 N–H and O–H groups in total. The second-order valence-electron chi connectivity index (χ2n) is 4.81. The fourth-order valence-electron chi connectivity index (χ4n) is 2.02. The number of carbonyl (C=O) groups excluding carboxylic acids is 3. The average molecular weight is 272 g/mol. The van der Waals surface area contributed by atoms with Crippen LogP contribution in [0.5, 0.6) is 0 Å². The van der Waals surface area contributed by atoms with Crippen LogP contribution in [0.3, 0.4) is 0 Å². The Hall–Kier alpha value is -1.63. The van der Waals surface area contributed by atoms with Crippen molar-refractivity contribution in [2.75, 3.05) is 20.3 Å². The maximum atomic E-state index is 11.9. The number of likely N-dealkylation sites (tertiary alicyclic amines) is 1. The lowest BCUT2D eigenvalue weighted by atomic mass is 10.1. The molecule has 1 aliphatic heterocycles. The van der Waals surface area contributed by atoms with Crippen LogP contribution in [0.4, 0.5) is 0 Å². The molecule has 108 valence electrons. The second kappa shape index (κ2) is 6.51. The summed E-state index contributed by atoms with van der Waals surface area (Å²) >= 11 is 0. The van der Waals surface area contributed by atoms with Gasteiger partial charge in [0.15, 0.2) is 6.04 Å². The van der Waals surface area contributed by atoms with E-state index in [4.69, 9.17) is 5.11 Å². The fraction of sp³-hybridized carbons (Fsp3) is 0.750. The molecule has 0 aromatic heterocycles. The van der Waals surface area contributed by atoms with Gasteiger partial charge >= 0.3 is 5.97 Å². The molecule has 0 radical (unpaired) electrons. The summed E-state index contributed by atoms with van der Waals surface area (Å²) in [5, 5.41) is 11.4. The van der Waals surface area contributed by atoms with Crippen molar-refractivity contribution in [3.63, 3.8) is 0 Å². The molecule has 0 aromatic carbocycles. The monoisotopic (exact) mass is 272 g/mol. The van der Waals surface area contributed by atoms with E-state index in [9.17, 15) is 14.4 Å². The number of hydrogen-bond donors (Lipinski definition) is 2. The van der Waals surface area contributed by atoms with Crippen LogP contribution in [0, 0.1) is 5.92 Å². The molecule has 1 aliphatic rings. The topological polar surface area (TPSA) is 95.9 Å². The quantitative estimate of drug-likeness (QED) is 0.619. The molecule has 1 fully saturated rings. The summed E-state index contributed by atoms with van der Waals surface area (Å²) in [5.41, 5.74) is 0. The van der Waals surface area contributed by atoms with Gasteiger partial charge in [-0.3, -0.25) is 9.59 Å². The number of amides is 2. The lowest BCUT2D eigenvalue weighted by molar-refractivity contribution is -0.146. The van der Waals surface area contributed by atoms with Crippen LogP contribution in [0.2, 0.25) is 0 Å². The lowest BCUT2D eigenvalue weighted by Gasteiger charge is -2.21. The van der Waals surface area contributed by atoms with Gasteiger partial charge in [-0.15, -0.1) is 0 Å². The lowest BCUT2D eigenvalue weighted by Crippen LogP contribution is -2.47. The Morgan fingerprint density at radius 2 is 2.16 bits per heavy atom. The predicted molar refractivity (Wildman–Crippen MR) is 66.0 cm³/mol. The van der Waals surface area contributed by atoms with Gasteiger partial charge in [0.05, 0.1) is 19.6 Å². The maximum Gasteiger partial charge on any atom is 0.330 e. The molecule has 1 rings (SSSR count). The van der Waals surface area contributed by atoms with E-state index in [2.05, 4.69) is 10.1 Å². The summed E-state index contributed by atoms with van der Waals surface area (Å²) in [4.78, 5) is 36.5. The highest BCUT2D eigenvalue weighted by Crippen LogP contribution is 2.20. The molecule has 7 nitrogen and oxygen atoms in total. The van der Waals surface area contributed by atoms with Crippen molar-refractivity contribution in [1.82, 2.24) is 10.2 Å². The summed E-state index contributed by atoms with van der Waals surface area (Å²) in [6, 6.07) is -1.04. The number of rotatable bonds is 5.